The quantitative estimate of drug-likeness (QED) is 0.211. The number of rotatable bonds is 8. The van der Waals surface area contributed by atoms with Gasteiger partial charge >= 0.3 is 5.97 Å². The number of hydrogen-bond acceptors (Lipinski definition) is 5. The summed E-state index contributed by atoms with van der Waals surface area (Å²) in [5.74, 6) is 0.472. The Bertz CT molecular complexity index is 1500. The average molecular weight is 565 g/mol. The Morgan fingerprint density at radius 2 is 1.80 bits per heavy atom. The molecule has 0 amide bonds. The number of aromatic nitrogens is 1. The third kappa shape index (κ3) is 5.74. The highest BCUT2D eigenvalue weighted by Gasteiger charge is 2.33. The van der Waals surface area contributed by atoms with Crippen LogP contribution >= 0.6 is 11.8 Å². The van der Waals surface area contributed by atoms with Crippen LogP contribution in [0.5, 0.6) is 5.75 Å². The maximum absolute atomic E-state index is 13.3. The molecule has 210 valence electrons. The largest absolute Gasteiger partial charge is 0.497 e. The highest BCUT2D eigenvalue weighted by molar-refractivity contribution is 8.00. The Balaban J connectivity index is 1.48. The molecule has 5 rings (SSSR count). The topological polar surface area (TPSA) is 43.7 Å². The number of hydrogen-bond donors (Lipinski definition) is 0. The van der Waals surface area contributed by atoms with E-state index in [1.54, 1.807) is 19.2 Å². The lowest BCUT2D eigenvalue weighted by Crippen LogP contribution is -2.42. The Labute approximate surface area is 238 Å². The number of esters is 1. The van der Waals surface area contributed by atoms with Gasteiger partial charge in [-0.05, 0) is 86.0 Å². The van der Waals surface area contributed by atoms with Gasteiger partial charge in [0.25, 0.3) is 6.43 Å². The molecule has 2 heterocycles. The molecule has 1 saturated heterocycles. The van der Waals surface area contributed by atoms with Crippen LogP contribution in [0.3, 0.4) is 0 Å². The number of halogens is 2. The van der Waals surface area contributed by atoms with E-state index in [4.69, 9.17) is 9.47 Å². The molecule has 0 bridgehead atoms. The van der Waals surface area contributed by atoms with Crippen molar-refractivity contribution in [1.82, 2.24) is 9.47 Å². The molecule has 2 atom stereocenters. The molecular formula is C32H34F2N2O3S. The van der Waals surface area contributed by atoms with Gasteiger partial charge in [0.15, 0.2) is 0 Å². The van der Waals surface area contributed by atoms with Gasteiger partial charge in [-0.15, -0.1) is 11.8 Å². The van der Waals surface area contributed by atoms with Gasteiger partial charge in [0.05, 0.1) is 31.8 Å². The van der Waals surface area contributed by atoms with Crippen molar-refractivity contribution in [2.24, 2.45) is 0 Å². The number of aryl methyl sites for hydroxylation is 2. The van der Waals surface area contributed by atoms with Gasteiger partial charge in [0.1, 0.15) is 5.75 Å². The summed E-state index contributed by atoms with van der Waals surface area (Å²) < 4.78 is 39.1. The van der Waals surface area contributed by atoms with Crippen molar-refractivity contribution in [2.45, 2.75) is 42.8 Å². The predicted octanol–water partition coefficient (Wildman–Crippen LogP) is 7.26. The van der Waals surface area contributed by atoms with E-state index < -0.39 is 6.43 Å². The summed E-state index contributed by atoms with van der Waals surface area (Å²) in [6.07, 6.45) is 0.531. The number of nitrogens with zero attached hydrogens (tertiary/aromatic N) is 2. The molecule has 1 aliphatic heterocycles. The second kappa shape index (κ2) is 12.0. The van der Waals surface area contributed by atoms with Gasteiger partial charge in [-0.25, -0.2) is 13.6 Å². The van der Waals surface area contributed by atoms with E-state index in [0.29, 0.717) is 18.7 Å². The summed E-state index contributed by atoms with van der Waals surface area (Å²) in [4.78, 5) is 15.0. The Kier molecular flexibility index (Phi) is 8.47. The molecule has 1 aliphatic rings. The van der Waals surface area contributed by atoms with Crippen molar-refractivity contribution in [2.75, 3.05) is 33.9 Å². The first-order valence-corrected chi connectivity index (χ1v) is 14.3. The Morgan fingerprint density at radius 1 is 1.02 bits per heavy atom. The standard InChI is InChI=1S/C32H34F2N2O3S/c1-20-5-12-28(25-13-16-36(31(20)25)27-11-10-24(38-3)17-21(27)2)40-29-14-15-35(19-30(33)34)18-26(29)22-6-8-23(9-7-22)32(37)39-4/h5-13,16-17,26,29-30H,14-15,18-19H2,1-4H3. The van der Waals surface area contributed by atoms with Crippen molar-refractivity contribution in [3.63, 3.8) is 0 Å². The lowest BCUT2D eigenvalue weighted by atomic mass is 9.89. The summed E-state index contributed by atoms with van der Waals surface area (Å²) in [5, 5.41) is 1.37. The number of methoxy groups -OCH3 is 2. The van der Waals surface area contributed by atoms with E-state index in [-0.39, 0.29) is 23.7 Å². The smallest absolute Gasteiger partial charge is 0.337 e. The van der Waals surface area contributed by atoms with Crippen LogP contribution in [0.15, 0.2) is 71.8 Å². The van der Waals surface area contributed by atoms with Gasteiger partial charge < -0.3 is 14.0 Å². The van der Waals surface area contributed by atoms with E-state index >= 15 is 0 Å². The van der Waals surface area contributed by atoms with Crippen LogP contribution in [0.1, 0.15) is 39.4 Å². The zero-order chi connectivity index (χ0) is 28.4. The van der Waals surface area contributed by atoms with Crippen LogP contribution in [-0.4, -0.2) is 61.0 Å². The minimum Gasteiger partial charge on any atom is -0.497 e. The third-order valence-electron chi connectivity index (χ3n) is 7.74. The molecule has 0 radical (unpaired) electrons. The molecule has 0 spiro atoms. The monoisotopic (exact) mass is 564 g/mol. The second-order valence-electron chi connectivity index (χ2n) is 10.3. The van der Waals surface area contributed by atoms with Crippen LogP contribution in [-0.2, 0) is 4.74 Å². The molecule has 3 aromatic carbocycles. The summed E-state index contributed by atoms with van der Waals surface area (Å²) in [6, 6.07) is 20.0. The molecule has 1 fully saturated rings. The minimum atomic E-state index is -2.37. The lowest BCUT2D eigenvalue weighted by Gasteiger charge is -2.38. The van der Waals surface area contributed by atoms with Crippen molar-refractivity contribution < 1.29 is 23.0 Å². The van der Waals surface area contributed by atoms with Crippen LogP contribution in [0.2, 0.25) is 0 Å². The van der Waals surface area contributed by atoms with Crippen LogP contribution in [0.25, 0.3) is 16.6 Å². The molecule has 4 aromatic rings. The van der Waals surface area contributed by atoms with Crippen molar-refractivity contribution in [1.29, 1.82) is 0 Å². The first-order chi connectivity index (χ1) is 19.3. The number of alkyl halides is 2. The predicted molar refractivity (Wildman–Crippen MR) is 157 cm³/mol. The number of carbonyl (C=O) groups is 1. The van der Waals surface area contributed by atoms with E-state index in [0.717, 1.165) is 34.5 Å². The van der Waals surface area contributed by atoms with Gasteiger partial charge in [0, 0.05) is 39.9 Å². The number of benzene rings is 3. The number of fused-ring (bicyclic) bond motifs is 1. The van der Waals surface area contributed by atoms with Gasteiger partial charge in [-0.2, -0.15) is 0 Å². The van der Waals surface area contributed by atoms with Crippen LogP contribution < -0.4 is 4.74 Å². The third-order valence-corrected chi connectivity index (χ3v) is 9.22. The SMILES string of the molecule is COC(=O)c1ccc(C2CN(CC(F)F)CCC2Sc2ccc(C)c3c2ccn3-c2ccc(OC)cc2C)cc1. The fourth-order valence-electron chi connectivity index (χ4n) is 5.70. The molecule has 1 aromatic heterocycles. The molecule has 2 unspecified atom stereocenters. The van der Waals surface area contributed by atoms with Gasteiger partial charge in [-0.3, -0.25) is 4.90 Å². The van der Waals surface area contributed by atoms with E-state index in [9.17, 15) is 13.6 Å². The maximum Gasteiger partial charge on any atom is 0.337 e. The minimum absolute atomic E-state index is 0.0338. The fourth-order valence-corrected chi connectivity index (χ4v) is 7.09. The number of likely N-dealkylation sites (tertiary alicyclic amines) is 1. The molecular weight excluding hydrogens is 530 g/mol. The second-order valence-corrected chi connectivity index (χ2v) is 11.6. The molecule has 0 aliphatic carbocycles. The zero-order valence-corrected chi connectivity index (χ0v) is 24.0. The summed E-state index contributed by atoms with van der Waals surface area (Å²) in [7, 11) is 3.03. The molecule has 5 nitrogen and oxygen atoms in total. The van der Waals surface area contributed by atoms with Crippen LogP contribution in [0.4, 0.5) is 8.78 Å². The van der Waals surface area contributed by atoms with E-state index in [1.165, 1.54) is 23.0 Å². The van der Waals surface area contributed by atoms with Crippen molar-refractivity contribution in [3.05, 3.63) is 89.1 Å². The normalized spacial score (nSPS) is 17.9. The molecule has 0 N–H and O–H groups in total. The summed E-state index contributed by atoms with van der Waals surface area (Å²) in [6.45, 7) is 5.15. The first-order valence-electron chi connectivity index (χ1n) is 13.4. The zero-order valence-electron chi connectivity index (χ0n) is 23.2. The fraction of sp³-hybridized carbons (Fsp3) is 0.344. The number of ether oxygens (including phenoxy) is 2. The summed E-state index contributed by atoms with van der Waals surface area (Å²) >= 11 is 1.82. The molecule has 40 heavy (non-hydrogen) atoms. The number of thioether (sulfide) groups is 1. The van der Waals surface area contributed by atoms with E-state index in [2.05, 4.69) is 48.9 Å². The Morgan fingerprint density at radius 3 is 2.48 bits per heavy atom. The molecule has 0 saturated carbocycles. The van der Waals surface area contributed by atoms with Crippen molar-refractivity contribution >= 4 is 28.6 Å². The van der Waals surface area contributed by atoms with E-state index in [1.807, 2.05) is 40.9 Å². The number of carbonyl (C=O) groups excluding carboxylic acids is 1. The highest BCUT2D eigenvalue weighted by atomic mass is 32.2. The van der Waals surface area contributed by atoms with Crippen molar-refractivity contribution in [3.8, 4) is 11.4 Å². The molecule has 8 heteroatoms. The average Bonchev–Trinajstić information content (AvgIpc) is 3.40. The van der Waals surface area contributed by atoms with Gasteiger partial charge in [0.2, 0.25) is 0 Å². The highest BCUT2D eigenvalue weighted by Crippen LogP contribution is 2.43. The lowest BCUT2D eigenvalue weighted by molar-refractivity contribution is 0.0600. The van der Waals surface area contributed by atoms with Gasteiger partial charge in [-0.1, -0.05) is 18.2 Å². The summed E-state index contributed by atoms with van der Waals surface area (Å²) in [5.41, 5.74) is 6.08. The maximum atomic E-state index is 13.3. The Hall–Kier alpha value is -3.36. The van der Waals surface area contributed by atoms with Crippen LogP contribution in [0, 0.1) is 13.8 Å². The first kappa shape index (κ1) is 28.2. The number of piperidine rings is 1.